The minimum Gasteiger partial charge on any atom is -0.349 e. The summed E-state index contributed by atoms with van der Waals surface area (Å²) in [5.41, 5.74) is 3.85. The number of benzene rings is 1. The lowest BCUT2D eigenvalue weighted by Crippen LogP contribution is -2.33. The second kappa shape index (κ2) is 6.21. The average molecular weight is 314 g/mol. The van der Waals surface area contributed by atoms with Crippen molar-refractivity contribution in [3.8, 4) is 0 Å². The third-order valence-electron chi connectivity index (χ3n) is 4.08. The number of aryl methyl sites for hydroxylation is 2. The summed E-state index contributed by atoms with van der Waals surface area (Å²) in [6.45, 7) is 6.28. The SMILES string of the molecule is Cc1ccc(CC(C)NC(=O)c2cnc(C3CC3)s2)c(C)c1. The van der Waals surface area contributed by atoms with Gasteiger partial charge in [-0.2, -0.15) is 0 Å². The first-order valence-electron chi connectivity index (χ1n) is 7.85. The first-order valence-corrected chi connectivity index (χ1v) is 8.67. The summed E-state index contributed by atoms with van der Waals surface area (Å²) in [7, 11) is 0. The largest absolute Gasteiger partial charge is 0.349 e. The first-order chi connectivity index (χ1) is 10.5. The molecule has 1 aromatic carbocycles. The van der Waals surface area contributed by atoms with E-state index in [1.54, 1.807) is 17.5 Å². The molecule has 1 amide bonds. The molecule has 3 nitrogen and oxygen atoms in total. The molecule has 0 spiro atoms. The van der Waals surface area contributed by atoms with Gasteiger partial charge in [-0.15, -0.1) is 11.3 Å². The molecule has 1 aromatic heterocycles. The monoisotopic (exact) mass is 314 g/mol. The zero-order valence-corrected chi connectivity index (χ0v) is 14.2. The van der Waals surface area contributed by atoms with E-state index in [1.807, 2.05) is 0 Å². The van der Waals surface area contributed by atoms with Crippen molar-refractivity contribution in [2.24, 2.45) is 0 Å². The normalized spacial score (nSPS) is 15.6. The second-order valence-electron chi connectivity index (χ2n) is 6.35. The van der Waals surface area contributed by atoms with Crippen LogP contribution in [0.3, 0.4) is 0 Å². The molecule has 1 saturated carbocycles. The number of carbonyl (C=O) groups is 1. The van der Waals surface area contributed by atoms with Crippen LogP contribution in [0.2, 0.25) is 0 Å². The molecule has 22 heavy (non-hydrogen) atoms. The molecule has 0 saturated heterocycles. The summed E-state index contributed by atoms with van der Waals surface area (Å²) < 4.78 is 0. The third-order valence-corrected chi connectivity index (χ3v) is 5.23. The summed E-state index contributed by atoms with van der Waals surface area (Å²) in [5.74, 6) is 0.612. The lowest BCUT2D eigenvalue weighted by atomic mass is 10.00. The summed E-state index contributed by atoms with van der Waals surface area (Å²) in [4.78, 5) is 17.4. The Labute approximate surface area is 135 Å². The lowest BCUT2D eigenvalue weighted by Gasteiger charge is -2.15. The molecule has 1 aliphatic carbocycles. The van der Waals surface area contributed by atoms with Crippen molar-refractivity contribution < 1.29 is 4.79 Å². The second-order valence-corrected chi connectivity index (χ2v) is 7.41. The Morgan fingerprint density at radius 3 is 2.86 bits per heavy atom. The van der Waals surface area contributed by atoms with Crippen LogP contribution < -0.4 is 5.32 Å². The van der Waals surface area contributed by atoms with Crippen molar-refractivity contribution in [1.82, 2.24) is 10.3 Å². The van der Waals surface area contributed by atoms with E-state index in [4.69, 9.17) is 0 Å². The van der Waals surface area contributed by atoms with Crippen LogP contribution in [0, 0.1) is 13.8 Å². The average Bonchev–Trinajstić information content (AvgIpc) is 3.19. The van der Waals surface area contributed by atoms with Crippen molar-refractivity contribution in [3.05, 3.63) is 51.0 Å². The minimum absolute atomic E-state index is 0.00154. The molecule has 1 N–H and O–H groups in total. The number of aromatic nitrogens is 1. The summed E-state index contributed by atoms with van der Waals surface area (Å²) in [6.07, 6.45) is 5.01. The fourth-order valence-corrected chi connectivity index (χ4v) is 3.65. The minimum atomic E-state index is 0.00154. The molecule has 1 heterocycles. The quantitative estimate of drug-likeness (QED) is 0.906. The zero-order chi connectivity index (χ0) is 15.7. The Balaban J connectivity index is 1.60. The highest BCUT2D eigenvalue weighted by molar-refractivity contribution is 7.13. The molecule has 4 heteroatoms. The fraction of sp³-hybridized carbons (Fsp3) is 0.444. The van der Waals surface area contributed by atoms with Gasteiger partial charge in [-0.25, -0.2) is 4.98 Å². The Bertz CT molecular complexity index is 688. The van der Waals surface area contributed by atoms with E-state index in [1.165, 1.54) is 29.5 Å². The van der Waals surface area contributed by atoms with Crippen molar-refractivity contribution in [3.63, 3.8) is 0 Å². The Morgan fingerprint density at radius 1 is 1.41 bits per heavy atom. The van der Waals surface area contributed by atoms with Crippen molar-refractivity contribution in [1.29, 1.82) is 0 Å². The number of rotatable bonds is 5. The predicted octanol–water partition coefficient (Wildman–Crippen LogP) is 4.00. The molecule has 0 bridgehead atoms. The topological polar surface area (TPSA) is 42.0 Å². The molecule has 0 radical (unpaired) electrons. The number of thiazole rings is 1. The van der Waals surface area contributed by atoms with Crippen molar-refractivity contribution >= 4 is 17.2 Å². The van der Waals surface area contributed by atoms with Crippen LogP contribution in [0.1, 0.15) is 57.1 Å². The number of nitrogens with zero attached hydrogens (tertiary/aromatic N) is 1. The molecule has 1 unspecified atom stereocenters. The van der Waals surface area contributed by atoms with Gasteiger partial charge in [0, 0.05) is 12.0 Å². The molecule has 1 fully saturated rings. The van der Waals surface area contributed by atoms with Crippen molar-refractivity contribution in [2.45, 2.75) is 52.0 Å². The van der Waals surface area contributed by atoms with Crippen LogP contribution >= 0.6 is 11.3 Å². The first kappa shape index (κ1) is 15.2. The van der Waals surface area contributed by atoms with E-state index in [-0.39, 0.29) is 11.9 Å². The molecule has 3 rings (SSSR count). The van der Waals surface area contributed by atoms with Crippen LogP contribution in [-0.4, -0.2) is 16.9 Å². The van der Waals surface area contributed by atoms with E-state index in [2.05, 4.69) is 49.3 Å². The van der Waals surface area contributed by atoms with Gasteiger partial charge < -0.3 is 5.32 Å². The number of carbonyl (C=O) groups excluding carboxylic acids is 1. The van der Waals surface area contributed by atoms with Crippen molar-refractivity contribution in [2.75, 3.05) is 0 Å². The lowest BCUT2D eigenvalue weighted by molar-refractivity contribution is 0.0944. The summed E-state index contributed by atoms with van der Waals surface area (Å²) >= 11 is 1.54. The van der Waals surface area contributed by atoms with Gasteiger partial charge in [0.05, 0.1) is 11.2 Å². The number of amides is 1. The molecule has 0 aliphatic heterocycles. The highest BCUT2D eigenvalue weighted by Gasteiger charge is 2.27. The number of hydrogen-bond donors (Lipinski definition) is 1. The van der Waals surface area contributed by atoms with Gasteiger partial charge in [0.2, 0.25) is 0 Å². The van der Waals surface area contributed by atoms with Gasteiger partial charge in [-0.3, -0.25) is 4.79 Å². The maximum absolute atomic E-state index is 12.3. The Kier molecular flexibility index (Phi) is 4.30. The van der Waals surface area contributed by atoms with Gasteiger partial charge in [-0.1, -0.05) is 23.8 Å². The van der Waals surface area contributed by atoms with E-state index in [9.17, 15) is 4.79 Å². The van der Waals surface area contributed by atoms with Crippen LogP contribution in [0.15, 0.2) is 24.4 Å². The van der Waals surface area contributed by atoms with Crippen LogP contribution in [-0.2, 0) is 6.42 Å². The Morgan fingerprint density at radius 2 is 2.18 bits per heavy atom. The standard InChI is InChI=1S/C18H22N2OS/c1-11-4-5-15(12(2)8-11)9-13(3)20-17(21)16-10-19-18(22-16)14-6-7-14/h4-5,8,10,13-14H,6-7,9H2,1-3H3,(H,20,21). The Hall–Kier alpha value is -1.68. The van der Waals surface area contributed by atoms with Gasteiger partial charge in [-0.05, 0) is 51.2 Å². The van der Waals surface area contributed by atoms with E-state index in [0.29, 0.717) is 5.92 Å². The predicted molar refractivity (Wildman–Crippen MR) is 90.6 cm³/mol. The molecule has 116 valence electrons. The number of hydrogen-bond acceptors (Lipinski definition) is 3. The summed E-state index contributed by atoms with van der Waals surface area (Å²) in [6, 6.07) is 6.59. The van der Waals surface area contributed by atoms with E-state index in [0.717, 1.165) is 16.3 Å². The molecule has 1 atom stereocenters. The smallest absolute Gasteiger partial charge is 0.263 e. The van der Waals surface area contributed by atoms with Crippen LogP contribution in [0.5, 0.6) is 0 Å². The van der Waals surface area contributed by atoms with Gasteiger partial charge in [0.1, 0.15) is 4.88 Å². The zero-order valence-electron chi connectivity index (χ0n) is 13.3. The fourth-order valence-electron chi connectivity index (χ4n) is 2.66. The molecular weight excluding hydrogens is 292 g/mol. The molecular formula is C18H22N2OS. The number of nitrogens with one attached hydrogen (secondary N) is 1. The third kappa shape index (κ3) is 3.55. The summed E-state index contributed by atoms with van der Waals surface area (Å²) in [5, 5.41) is 4.21. The molecule has 1 aliphatic rings. The van der Waals surface area contributed by atoms with Crippen LogP contribution in [0.25, 0.3) is 0 Å². The van der Waals surface area contributed by atoms with Gasteiger partial charge in [0.25, 0.3) is 5.91 Å². The highest BCUT2D eigenvalue weighted by Crippen LogP contribution is 2.41. The molecule has 2 aromatic rings. The maximum atomic E-state index is 12.3. The van der Waals surface area contributed by atoms with Crippen LogP contribution in [0.4, 0.5) is 0 Å². The maximum Gasteiger partial charge on any atom is 0.263 e. The van der Waals surface area contributed by atoms with E-state index < -0.39 is 0 Å². The van der Waals surface area contributed by atoms with Gasteiger partial charge in [0.15, 0.2) is 0 Å². The van der Waals surface area contributed by atoms with Gasteiger partial charge >= 0.3 is 0 Å². The van der Waals surface area contributed by atoms with E-state index >= 15 is 0 Å². The highest BCUT2D eigenvalue weighted by atomic mass is 32.1.